The Hall–Kier alpha value is -1.82. The van der Waals surface area contributed by atoms with Crippen LogP contribution < -0.4 is 10.5 Å². The van der Waals surface area contributed by atoms with E-state index in [-0.39, 0.29) is 24.3 Å². The predicted molar refractivity (Wildman–Crippen MR) is 82.6 cm³/mol. The van der Waals surface area contributed by atoms with Crippen LogP contribution in [0.15, 0.2) is 24.5 Å². The molecule has 1 aromatic rings. The smallest absolute Gasteiger partial charge is 0.311 e. The molecule has 7 heteroatoms. The van der Waals surface area contributed by atoms with Gasteiger partial charge in [-0.15, -0.1) is 12.4 Å². The minimum atomic E-state index is -0.216. The van der Waals surface area contributed by atoms with Crippen molar-refractivity contribution in [2.75, 3.05) is 13.1 Å². The monoisotopic (exact) mass is 312 g/mol. The van der Waals surface area contributed by atoms with E-state index in [0.29, 0.717) is 18.1 Å². The van der Waals surface area contributed by atoms with Crippen LogP contribution in [0.5, 0.6) is 5.75 Å². The van der Waals surface area contributed by atoms with Gasteiger partial charge < -0.3 is 15.4 Å². The van der Waals surface area contributed by atoms with Gasteiger partial charge in [0.05, 0.1) is 6.20 Å². The van der Waals surface area contributed by atoms with E-state index >= 15 is 0 Å². The normalized spacial score (nSPS) is 15.1. The average Bonchev–Trinajstić information content (AvgIpc) is 2.46. The molecular formula is C14H21ClN4O2. The van der Waals surface area contributed by atoms with Crippen LogP contribution in [0.2, 0.25) is 0 Å². The molecule has 1 aliphatic rings. The number of halogens is 1. The maximum atomic E-state index is 11.7. The van der Waals surface area contributed by atoms with Gasteiger partial charge in [0.15, 0.2) is 5.96 Å². The molecule has 116 valence electrons. The fraction of sp³-hybridized carbons (Fsp3) is 0.500. The minimum Gasteiger partial charge on any atom is -0.425 e. The second-order valence-electron chi connectivity index (χ2n) is 5.02. The number of nitrogens with two attached hydrogens (primary N) is 1. The van der Waals surface area contributed by atoms with E-state index in [0.717, 1.165) is 32.4 Å². The molecule has 0 aliphatic carbocycles. The molecule has 0 spiro atoms. The Balaban J connectivity index is 0.00000220. The molecule has 1 aromatic heterocycles. The summed E-state index contributed by atoms with van der Waals surface area (Å²) in [7, 11) is 0. The standard InChI is InChI=1S/C14H20N4O2.ClH/c15-14(16)18-8-5-11(6-9-18)3-4-13(19)20-12-2-1-7-17-10-12;/h1-2,7,10-11H,3-6,8-9H2,(H3,15,16);1H. The van der Waals surface area contributed by atoms with E-state index < -0.39 is 0 Å². The van der Waals surface area contributed by atoms with E-state index in [1.165, 1.54) is 6.20 Å². The Morgan fingerprint density at radius 3 is 2.76 bits per heavy atom. The number of aromatic nitrogens is 1. The third-order valence-corrected chi connectivity index (χ3v) is 3.58. The molecule has 2 rings (SSSR count). The van der Waals surface area contributed by atoms with Crippen molar-refractivity contribution in [3.05, 3.63) is 24.5 Å². The van der Waals surface area contributed by atoms with Gasteiger partial charge in [-0.1, -0.05) is 0 Å². The SMILES string of the molecule is Cl.N=C(N)N1CCC(CCC(=O)Oc2cccnc2)CC1. The zero-order valence-corrected chi connectivity index (χ0v) is 12.6. The number of piperidine rings is 1. The molecular weight excluding hydrogens is 292 g/mol. The molecule has 0 amide bonds. The number of pyridine rings is 1. The van der Waals surface area contributed by atoms with Crippen LogP contribution in [0.3, 0.4) is 0 Å². The summed E-state index contributed by atoms with van der Waals surface area (Å²) in [6, 6.07) is 3.45. The Morgan fingerprint density at radius 1 is 1.48 bits per heavy atom. The topological polar surface area (TPSA) is 92.3 Å². The number of hydrogen-bond donors (Lipinski definition) is 2. The first-order valence-corrected chi connectivity index (χ1v) is 6.85. The molecule has 0 saturated carbocycles. The van der Waals surface area contributed by atoms with Gasteiger partial charge in [0.1, 0.15) is 5.75 Å². The molecule has 3 N–H and O–H groups in total. The van der Waals surface area contributed by atoms with Crippen molar-refractivity contribution in [3.8, 4) is 5.75 Å². The van der Waals surface area contributed by atoms with Crippen LogP contribution in [-0.4, -0.2) is 34.9 Å². The molecule has 0 aromatic carbocycles. The molecule has 21 heavy (non-hydrogen) atoms. The fourth-order valence-corrected chi connectivity index (χ4v) is 2.37. The van der Waals surface area contributed by atoms with Gasteiger partial charge in [-0.3, -0.25) is 15.2 Å². The van der Waals surface area contributed by atoms with Crippen molar-refractivity contribution in [3.63, 3.8) is 0 Å². The molecule has 0 unspecified atom stereocenters. The molecule has 0 bridgehead atoms. The van der Waals surface area contributed by atoms with E-state index in [1.54, 1.807) is 18.3 Å². The van der Waals surface area contributed by atoms with Crippen LogP contribution in [0.1, 0.15) is 25.7 Å². The van der Waals surface area contributed by atoms with Gasteiger partial charge in [-0.25, -0.2) is 0 Å². The van der Waals surface area contributed by atoms with Crippen LogP contribution in [0.4, 0.5) is 0 Å². The average molecular weight is 313 g/mol. The number of likely N-dealkylation sites (tertiary alicyclic amines) is 1. The summed E-state index contributed by atoms with van der Waals surface area (Å²) in [5.74, 6) is 0.919. The van der Waals surface area contributed by atoms with Gasteiger partial charge in [0, 0.05) is 25.7 Å². The first-order valence-electron chi connectivity index (χ1n) is 6.85. The zero-order chi connectivity index (χ0) is 14.4. The summed E-state index contributed by atoms with van der Waals surface area (Å²) >= 11 is 0. The van der Waals surface area contributed by atoms with Gasteiger partial charge in [0.2, 0.25) is 0 Å². The van der Waals surface area contributed by atoms with Crippen molar-refractivity contribution in [2.24, 2.45) is 11.7 Å². The van der Waals surface area contributed by atoms with Crippen LogP contribution in [0.25, 0.3) is 0 Å². The van der Waals surface area contributed by atoms with E-state index in [1.807, 2.05) is 4.90 Å². The number of rotatable bonds is 4. The largest absolute Gasteiger partial charge is 0.425 e. The predicted octanol–water partition coefficient (Wildman–Crippen LogP) is 1.79. The molecule has 0 atom stereocenters. The molecule has 1 aliphatic heterocycles. The highest BCUT2D eigenvalue weighted by molar-refractivity contribution is 5.85. The van der Waals surface area contributed by atoms with E-state index in [2.05, 4.69) is 4.98 Å². The molecule has 1 saturated heterocycles. The summed E-state index contributed by atoms with van der Waals surface area (Å²) in [5, 5.41) is 7.37. The molecule has 0 radical (unpaired) electrons. The van der Waals surface area contributed by atoms with E-state index in [9.17, 15) is 4.79 Å². The number of carbonyl (C=O) groups is 1. The van der Waals surface area contributed by atoms with Crippen LogP contribution in [0, 0.1) is 11.3 Å². The highest BCUT2D eigenvalue weighted by Gasteiger charge is 2.20. The summed E-state index contributed by atoms with van der Waals surface area (Å²) < 4.78 is 5.20. The van der Waals surface area contributed by atoms with Crippen molar-refractivity contribution < 1.29 is 9.53 Å². The van der Waals surface area contributed by atoms with E-state index in [4.69, 9.17) is 15.9 Å². The number of guanidine groups is 1. The fourth-order valence-electron chi connectivity index (χ4n) is 2.37. The van der Waals surface area contributed by atoms with Crippen molar-refractivity contribution >= 4 is 24.3 Å². The third kappa shape index (κ3) is 5.59. The van der Waals surface area contributed by atoms with Gasteiger partial charge in [0.25, 0.3) is 0 Å². The first kappa shape index (κ1) is 17.2. The maximum Gasteiger partial charge on any atom is 0.311 e. The first-order chi connectivity index (χ1) is 9.65. The quantitative estimate of drug-likeness (QED) is 0.502. The van der Waals surface area contributed by atoms with Crippen LogP contribution >= 0.6 is 12.4 Å². The Morgan fingerprint density at radius 2 is 2.19 bits per heavy atom. The summed E-state index contributed by atoms with van der Waals surface area (Å²) in [6.07, 6.45) is 6.35. The highest BCUT2D eigenvalue weighted by Crippen LogP contribution is 2.22. The highest BCUT2D eigenvalue weighted by atomic mass is 35.5. The number of hydrogen-bond acceptors (Lipinski definition) is 4. The Bertz CT molecular complexity index is 461. The van der Waals surface area contributed by atoms with Gasteiger partial charge in [-0.2, -0.15) is 0 Å². The second kappa shape index (κ2) is 8.46. The van der Waals surface area contributed by atoms with Crippen molar-refractivity contribution in [1.29, 1.82) is 5.41 Å². The number of carbonyl (C=O) groups excluding carboxylic acids is 1. The number of nitrogens with one attached hydrogen (secondary N) is 1. The van der Waals surface area contributed by atoms with Crippen molar-refractivity contribution in [1.82, 2.24) is 9.88 Å². The Labute approximate surface area is 130 Å². The lowest BCUT2D eigenvalue weighted by molar-refractivity contribution is -0.134. The van der Waals surface area contributed by atoms with Crippen molar-refractivity contribution in [2.45, 2.75) is 25.7 Å². The third-order valence-electron chi connectivity index (χ3n) is 3.58. The minimum absolute atomic E-state index is 0. The molecule has 2 heterocycles. The summed E-state index contributed by atoms with van der Waals surface area (Å²) in [6.45, 7) is 1.61. The molecule has 1 fully saturated rings. The summed E-state index contributed by atoms with van der Waals surface area (Å²) in [4.78, 5) is 17.5. The second-order valence-corrected chi connectivity index (χ2v) is 5.02. The maximum absolute atomic E-state index is 11.7. The number of ether oxygens (including phenoxy) is 1. The lowest BCUT2D eigenvalue weighted by atomic mass is 9.92. The lowest BCUT2D eigenvalue weighted by Crippen LogP contribution is -2.42. The summed E-state index contributed by atoms with van der Waals surface area (Å²) in [5.41, 5.74) is 5.45. The van der Waals surface area contributed by atoms with Gasteiger partial charge >= 0.3 is 5.97 Å². The number of esters is 1. The lowest BCUT2D eigenvalue weighted by Gasteiger charge is -2.31. The Kier molecular flexibility index (Phi) is 6.94. The van der Waals surface area contributed by atoms with Gasteiger partial charge in [-0.05, 0) is 37.3 Å². The number of nitrogens with zero attached hydrogens (tertiary/aromatic N) is 2. The zero-order valence-electron chi connectivity index (χ0n) is 11.8. The molecule has 6 nitrogen and oxygen atoms in total. The van der Waals surface area contributed by atoms with Crippen LogP contribution in [-0.2, 0) is 4.79 Å².